The van der Waals surface area contributed by atoms with Crippen LogP contribution in [0.15, 0.2) is 48.3 Å². The molecule has 0 spiro atoms. The van der Waals surface area contributed by atoms with Crippen molar-refractivity contribution in [1.82, 2.24) is 30.3 Å². The lowest BCUT2D eigenvalue weighted by atomic mass is 10.2. The summed E-state index contributed by atoms with van der Waals surface area (Å²) in [6, 6.07) is 6.62. The number of aryl methyl sites for hydroxylation is 1. The Bertz CT molecular complexity index is 1160. The molecule has 172 valence electrons. The maximum atomic E-state index is 12.5. The highest BCUT2D eigenvalue weighted by Gasteiger charge is 2.20. The third-order valence-electron chi connectivity index (χ3n) is 4.51. The fraction of sp³-hybridized carbons (Fsp3) is 0.238. The SMILES string of the molecule is C=C(Cl)CCNC(=O)c1ccc(-c2nnn(C)c2NC(=O)O[C@H](C)c2cccnc2Cl)nc1. The van der Waals surface area contributed by atoms with E-state index in [9.17, 15) is 9.59 Å². The molecule has 12 heteroatoms. The van der Waals surface area contributed by atoms with Gasteiger partial charge in [-0.05, 0) is 31.5 Å². The van der Waals surface area contributed by atoms with Crippen molar-refractivity contribution in [2.24, 2.45) is 7.05 Å². The van der Waals surface area contributed by atoms with E-state index in [2.05, 4.69) is 37.5 Å². The molecule has 1 atom stereocenters. The summed E-state index contributed by atoms with van der Waals surface area (Å²) in [6.45, 7) is 5.62. The number of halogens is 2. The van der Waals surface area contributed by atoms with Gasteiger partial charge in [-0.3, -0.25) is 15.1 Å². The maximum Gasteiger partial charge on any atom is 0.413 e. The predicted octanol–water partition coefficient (Wildman–Crippen LogP) is 4.11. The van der Waals surface area contributed by atoms with Gasteiger partial charge >= 0.3 is 6.09 Å². The number of hydrogen-bond donors (Lipinski definition) is 2. The number of anilines is 1. The first kappa shape index (κ1) is 24.1. The molecule has 3 aromatic heterocycles. The van der Waals surface area contributed by atoms with Crippen LogP contribution in [0.2, 0.25) is 5.15 Å². The number of carbonyl (C=O) groups is 2. The van der Waals surface area contributed by atoms with Gasteiger partial charge in [0.1, 0.15) is 11.3 Å². The molecule has 2 N–H and O–H groups in total. The van der Waals surface area contributed by atoms with Gasteiger partial charge in [0, 0.05) is 36.6 Å². The second-order valence-electron chi connectivity index (χ2n) is 6.92. The number of nitrogens with one attached hydrogen (secondary N) is 2. The number of aromatic nitrogens is 5. The lowest BCUT2D eigenvalue weighted by molar-refractivity contribution is 0.0953. The number of hydrogen-bond acceptors (Lipinski definition) is 7. The predicted molar refractivity (Wildman–Crippen MR) is 124 cm³/mol. The Kier molecular flexibility index (Phi) is 7.96. The number of pyridine rings is 2. The summed E-state index contributed by atoms with van der Waals surface area (Å²) in [5, 5.41) is 14.1. The molecule has 2 amide bonds. The van der Waals surface area contributed by atoms with Crippen molar-refractivity contribution in [1.29, 1.82) is 0 Å². The maximum absolute atomic E-state index is 12.5. The monoisotopic (exact) mass is 489 g/mol. The van der Waals surface area contributed by atoms with Crippen LogP contribution in [0.5, 0.6) is 0 Å². The zero-order chi connectivity index (χ0) is 24.0. The van der Waals surface area contributed by atoms with E-state index in [0.717, 1.165) is 0 Å². The minimum absolute atomic E-state index is 0.251. The van der Waals surface area contributed by atoms with Gasteiger partial charge in [0.25, 0.3) is 5.91 Å². The van der Waals surface area contributed by atoms with Gasteiger partial charge < -0.3 is 10.1 Å². The molecule has 0 aromatic carbocycles. The summed E-state index contributed by atoms with van der Waals surface area (Å²) in [4.78, 5) is 32.9. The molecule has 0 aliphatic rings. The van der Waals surface area contributed by atoms with Gasteiger partial charge in [0.05, 0.1) is 11.3 Å². The zero-order valence-corrected chi connectivity index (χ0v) is 19.4. The van der Waals surface area contributed by atoms with Gasteiger partial charge in [-0.25, -0.2) is 14.5 Å². The number of rotatable bonds is 8. The van der Waals surface area contributed by atoms with E-state index in [4.69, 9.17) is 27.9 Å². The normalized spacial score (nSPS) is 11.5. The van der Waals surface area contributed by atoms with E-state index >= 15 is 0 Å². The highest BCUT2D eigenvalue weighted by atomic mass is 35.5. The number of nitrogens with zero attached hydrogens (tertiary/aromatic N) is 5. The van der Waals surface area contributed by atoms with Crippen LogP contribution in [0.1, 0.15) is 35.4 Å². The minimum Gasteiger partial charge on any atom is -0.441 e. The van der Waals surface area contributed by atoms with Crippen molar-refractivity contribution in [3.63, 3.8) is 0 Å². The third-order valence-corrected chi connectivity index (χ3v) is 5.01. The second kappa shape index (κ2) is 10.9. The largest absolute Gasteiger partial charge is 0.441 e. The lowest BCUT2D eigenvalue weighted by Crippen LogP contribution is -2.24. The number of ether oxygens (including phenoxy) is 1. The fourth-order valence-electron chi connectivity index (χ4n) is 2.80. The molecule has 0 saturated heterocycles. The summed E-state index contributed by atoms with van der Waals surface area (Å²) < 4.78 is 6.78. The minimum atomic E-state index is -0.731. The molecule has 0 bridgehead atoms. The quantitative estimate of drug-likeness (QED) is 0.456. The molecule has 3 rings (SSSR count). The van der Waals surface area contributed by atoms with Crippen molar-refractivity contribution in [2.75, 3.05) is 11.9 Å². The summed E-state index contributed by atoms with van der Waals surface area (Å²) in [6.07, 6.45) is 2.05. The van der Waals surface area contributed by atoms with Gasteiger partial charge in [0.15, 0.2) is 11.5 Å². The lowest BCUT2D eigenvalue weighted by Gasteiger charge is -2.15. The number of carbonyl (C=O) groups excluding carboxylic acids is 2. The molecule has 0 aliphatic heterocycles. The van der Waals surface area contributed by atoms with E-state index in [1.165, 1.54) is 10.9 Å². The Balaban J connectivity index is 1.69. The molecule has 0 aliphatic carbocycles. The third kappa shape index (κ3) is 6.27. The molecule has 0 radical (unpaired) electrons. The van der Waals surface area contributed by atoms with Crippen LogP contribution in [-0.2, 0) is 11.8 Å². The van der Waals surface area contributed by atoms with E-state index in [1.807, 2.05) is 0 Å². The Labute approximate surface area is 200 Å². The first-order chi connectivity index (χ1) is 15.8. The van der Waals surface area contributed by atoms with Crippen molar-refractivity contribution in [3.05, 3.63) is 64.6 Å². The van der Waals surface area contributed by atoms with E-state index in [0.29, 0.717) is 40.5 Å². The summed E-state index contributed by atoms with van der Waals surface area (Å²) >= 11 is 11.8. The van der Waals surface area contributed by atoms with Crippen molar-refractivity contribution in [2.45, 2.75) is 19.4 Å². The zero-order valence-electron chi connectivity index (χ0n) is 17.9. The standard InChI is InChI=1S/C21H21Cl2N7O3/c1-12(22)8-10-25-20(31)14-6-7-16(26-11-14)17-19(30(3)29-28-17)27-21(32)33-13(2)15-5-4-9-24-18(15)23/h4-7,9,11,13H,1,8,10H2,2-3H3,(H,25,31)(H,27,32)/t13-/m1/s1. The van der Waals surface area contributed by atoms with E-state index < -0.39 is 12.2 Å². The highest BCUT2D eigenvalue weighted by molar-refractivity contribution is 6.30. The molecule has 0 saturated carbocycles. The van der Waals surface area contributed by atoms with Gasteiger partial charge in [-0.2, -0.15) is 0 Å². The van der Waals surface area contributed by atoms with E-state index in [1.54, 1.807) is 44.4 Å². The average Bonchev–Trinajstić information content (AvgIpc) is 3.13. The summed E-state index contributed by atoms with van der Waals surface area (Å²) in [5.41, 5.74) is 1.65. The molecule has 10 nitrogen and oxygen atoms in total. The molecule has 3 aromatic rings. The van der Waals surface area contributed by atoms with Crippen LogP contribution >= 0.6 is 23.2 Å². The highest BCUT2D eigenvalue weighted by Crippen LogP contribution is 2.26. The molecule has 33 heavy (non-hydrogen) atoms. The van der Waals surface area contributed by atoms with E-state index in [-0.39, 0.29) is 16.9 Å². The summed E-state index contributed by atoms with van der Waals surface area (Å²) in [5.74, 6) is -0.0223. The molecule has 0 fully saturated rings. The van der Waals surface area contributed by atoms with Crippen LogP contribution in [0.4, 0.5) is 10.6 Å². The Hall–Kier alpha value is -3.50. The van der Waals surface area contributed by atoms with Crippen LogP contribution in [-0.4, -0.2) is 43.5 Å². The van der Waals surface area contributed by atoms with Gasteiger partial charge in [0.2, 0.25) is 0 Å². The van der Waals surface area contributed by atoms with Crippen LogP contribution in [0.3, 0.4) is 0 Å². The fourth-order valence-corrected chi connectivity index (χ4v) is 3.17. The van der Waals surface area contributed by atoms with Crippen molar-refractivity contribution < 1.29 is 14.3 Å². The molecule has 3 heterocycles. The molecular weight excluding hydrogens is 469 g/mol. The molecule has 0 unspecified atom stereocenters. The van der Waals surface area contributed by atoms with Crippen LogP contribution < -0.4 is 10.6 Å². The number of amides is 2. The van der Waals surface area contributed by atoms with Gasteiger partial charge in [-0.1, -0.05) is 41.1 Å². The van der Waals surface area contributed by atoms with Gasteiger partial charge in [-0.15, -0.1) is 5.10 Å². The Morgan fingerprint density at radius 2 is 2.06 bits per heavy atom. The van der Waals surface area contributed by atoms with Crippen molar-refractivity contribution >= 4 is 41.0 Å². The Morgan fingerprint density at radius 1 is 1.27 bits per heavy atom. The first-order valence-corrected chi connectivity index (χ1v) is 10.6. The topological polar surface area (TPSA) is 124 Å². The van der Waals surface area contributed by atoms with Crippen LogP contribution in [0.25, 0.3) is 11.4 Å². The smallest absolute Gasteiger partial charge is 0.413 e. The summed E-state index contributed by atoms with van der Waals surface area (Å²) in [7, 11) is 1.61. The first-order valence-electron chi connectivity index (χ1n) is 9.82. The average molecular weight is 490 g/mol. The van der Waals surface area contributed by atoms with Crippen LogP contribution in [0, 0.1) is 0 Å². The van der Waals surface area contributed by atoms with Crippen molar-refractivity contribution in [3.8, 4) is 11.4 Å². The second-order valence-corrected chi connectivity index (χ2v) is 7.81. The molecular formula is C21H21Cl2N7O3. The Morgan fingerprint density at radius 3 is 2.73 bits per heavy atom.